The maximum atomic E-state index is 5.86. The van der Waals surface area contributed by atoms with Crippen LogP contribution in [0.5, 0.6) is 17.2 Å². The van der Waals surface area contributed by atoms with E-state index >= 15 is 0 Å². The quantitative estimate of drug-likeness (QED) is 0.226. The number of aromatic nitrogens is 1. The smallest absolute Gasteiger partial charge is 0.195 e. The molecule has 1 aromatic heterocycles. The van der Waals surface area contributed by atoms with Gasteiger partial charge in [-0.3, -0.25) is 9.98 Å². The van der Waals surface area contributed by atoms with Gasteiger partial charge in [-0.1, -0.05) is 18.2 Å². The molecule has 32 heavy (non-hydrogen) atoms. The van der Waals surface area contributed by atoms with Crippen LogP contribution in [0.1, 0.15) is 18.2 Å². The van der Waals surface area contributed by atoms with Crippen molar-refractivity contribution in [2.75, 3.05) is 26.1 Å². The Hall–Kier alpha value is -3.01. The van der Waals surface area contributed by atoms with Crippen molar-refractivity contribution in [3.05, 3.63) is 78.1 Å². The summed E-state index contributed by atoms with van der Waals surface area (Å²) in [4.78, 5) is 8.57. The Morgan fingerprint density at radius 3 is 2.59 bits per heavy atom. The Labute approximate surface area is 206 Å². The van der Waals surface area contributed by atoms with Gasteiger partial charge < -0.3 is 24.8 Å². The van der Waals surface area contributed by atoms with Gasteiger partial charge in [-0.05, 0) is 48.9 Å². The number of nitrogens with one attached hydrogen (secondary N) is 2. The second kappa shape index (κ2) is 13.4. The van der Waals surface area contributed by atoms with Crippen molar-refractivity contribution in [2.24, 2.45) is 4.99 Å². The van der Waals surface area contributed by atoms with E-state index in [0.717, 1.165) is 22.7 Å². The molecule has 0 atom stereocenters. The topological polar surface area (TPSA) is 77.0 Å². The van der Waals surface area contributed by atoms with Crippen molar-refractivity contribution in [3.63, 3.8) is 0 Å². The van der Waals surface area contributed by atoms with Crippen molar-refractivity contribution >= 4 is 35.6 Å². The Bertz CT molecular complexity index is 1000. The Balaban J connectivity index is 0.00000363. The number of anilines is 1. The third-order valence-corrected chi connectivity index (χ3v) is 4.42. The van der Waals surface area contributed by atoms with Crippen LogP contribution < -0.4 is 24.8 Å². The largest absolute Gasteiger partial charge is 0.493 e. The molecule has 170 valence electrons. The third-order valence-electron chi connectivity index (χ3n) is 4.42. The van der Waals surface area contributed by atoms with Gasteiger partial charge in [-0.25, -0.2) is 0 Å². The monoisotopic (exact) mass is 548 g/mol. The van der Waals surface area contributed by atoms with Crippen LogP contribution in [-0.4, -0.2) is 31.7 Å². The van der Waals surface area contributed by atoms with Gasteiger partial charge in [0.25, 0.3) is 0 Å². The summed E-state index contributed by atoms with van der Waals surface area (Å²) in [6, 6.07) is 19.4. The van der Waals surface area contributed by atoms with Crippen LogP contribution in [0.4, 0.5) is 5.69 Å². The first kappa shape index (κ1) is 25.3. The maximum absolute atomic E-state index is 5.86. The molecule has 0 aliphatic heterocycles. The number of pyridine rings is 1. The summed E-state index contributed by atoms with van der Waals surface area (Å²) in [5, 5.41) is 6.58. The maximum Gasteiger partial charge on any atom is 0.195 e. The second-order valence-electron chi connectivity index (χ2n) is 6.61. The van der Waals surface area contributed by atoms with Gasteiger partial charge in [0, 0.05) is 31.5 Å². The second-order valence-corrected chi connectivity index (χ2v) is 6.61. The first-order valence-corrected chi connectivity index (χ1v) is 10.1. The molecule has 0 bridgehead atoms. The highest BCUT2D eigenvalue weighted by molar-refractivity contribution is 14.0. The molecule has 0 unspecified atom stereocenters. The predicted molar refractivity (Wildman–Crippen MR) is 138 cm³/mol. The van der Waals surface area contributed by atoms with Crippen LogP contribution in [-0.2, 0) is 13.2 Å². The number of ether oxygens (including phenoxy) is 3. The van der Waals surface area contributed by atoms with E-state index in [2.05, 4.69) is 20.6 Å². The molecule has 0 fully saturated rings. The molecule has 0 spiro atoms. The zero-order chi connectivity index (χ0) is 21.9. The van der Waals surface area contributed by atoms with Crippen molar-refractivity contribution in [1.29, 1.82) is 0 Å². The lowest BCUT2D eigenvalue weighted by molar-refractivity contribution is 0.301. The zero-order valence-electron chi connectivity index (χ0n) is 18.5. The molecule has 0 saturated carbocycles. The fraction of sp³-hybridized carbons (Fsp3) is 0.250. The third kappa shape index (κ3) is 7.60. The lowest BCUT2D eigenvalue weighted by atomic mass is 10.2. The molecule has 3 aromatic rings. The molecule has 0 amide bonds. The van der Waals surface area contributed by atoms with Crippen LogP contribution in [0.2, 0.25) is 0 Å². The number of hydrogen-bond acceptors (Lipinski definition) is 5. The number of hydrogen-bond donors (Lipinski definition) is 2. The molecule has 0 aliphatic carbocycles. The van der Waals surface area contributed by atoms with Crippen LogP contribution in [0.3, 0.4) is 0 Å². The minimum atomic E-state index is 0. The number of nitrogens with zero attached hydrogens (tertiary/aromatic N) is 2. The molecule has 0 aliphatic rings. The van der Waals surface area contributed by atoms with E-state index in [1.165, 1.54) is 0 Å². The Morgan fingerprint density at radius 2 is 1.88 bits per heavy atom. The minimum Gasteiger partial charge on any atom is -0.493 e. The van der Waals surface area contributed by atoms with Gasteiger partial charge in [-0.2, -0.15) is 0 Å². The van der Waals surface area contributed by atoms with Crippen LogP contribution in [0.15, 0.2) is 71.9 Å². The average molecular weight is 548 g/mol. The van der Waals surface area contributed by atoms with Crippen molar-refractivity contribution < 1.29 is 14.2 Å². The summed E-state index contributed by atoms with van der Waals surface area (Å²) in [7, 11) is 3.35. The molecule has 1 heterocycles. The summed E-state index contributed by atoms with van der Waals surface area (Å²) in [6.45, 7) is 3.54. The van der Waals surface area contributed by atoms with Crippen molar-refractivity contribution in [2.45, 2.75) is 20.1 Å². The normalized spacial score (nSPS) is 10.7. The SMILES string of the molecule is CCOc1ccc(NC(=NC)NCc2cccc(OCc3ccccn3)c2)cc1OC.I. The highest BCUT2D eigenvalue weighted by Crippen LogP contribution is 2.30. The zero-order valence-corrected chi connectivity index (χ0v) is 20.8. The molecule has 8 heteroatoms. The number of halogens is 1. The average Bonchev–Trinajstić information content (AvgIpc) is 2.82. The number of rotatable bonds is 9. The first-order chi connectivity index (χ1) is 15.2. The molecule has 0 saturated heterocycles. The number of benzene rings is 2. The summed E-state index contributed by atoms with van der Waals surface area (Å²) in [5.41, 5.74) is 2.81. The van der Waals surface area contributed by atoms with Gasteiger partial charge in [0.05, 0.1) is 19.4 Å². The van der Waals surface area contributed by atoms with Gasteiger partial charge in [0.2, 0.25) is 0 Å². The van der Waals surface area contributed by atoms with E-state index in [4.69, 9.17) is 14.2 Å². The highest BCUT2D eigenvalue weighted by atomic mass is 127. The van der Waals surface area contributed by atoms with E-state index in [9.17, 15) is 0 Å². The molecule has 2 N–H and O–H groups in total. The first-order valence-electron chi connectivity index (χ1n) is 10.1. The molecule has 3 rings (SSSR count). The summed E-state index contributed by atoms with van der Waals surface area (Å²) < 4.78 is 16.8. The van der Waals surface area contributed by atoms with E-state index in [0.29, 0.717) is 37.2 Å². The summed E-state index contributed by atoms with van der Waals surface area (Å²) in [6.07, 6.45) is 1.76. The van der Waals surface area contributed by atoms with Crippen molar-refractivity contribution in [3.8, 4) is 17.2 Å². The Kier molecular flexibility index (Phi) is 10.6. The molecule has 7 nitrogen and oxygen atoms in total. The number of guanidine groups is 1. The molecular weight excluding hydrogens is 519 g/mol. The van der Waals surface area contributed by atoms with E-state index in [-0.39, 0.29) is 24.0 Å². The molecule has 0 radical (unpaired) electrons. The van der Waals surface area contributed by atoms with Gasteiger partial charge in [0.1, 0.15) is 12.4 Å². The van der Waals surface area contributed by atoms with Crippen LogP contribution in [0.25, 0.3) is 0 Å². The van der Waals surface area contributed by atoms with Gasteiger partial charge in [-0.15, -0.1) is 24.0 Å². The Morgan fingerprint density at radius 1 is 1.00 bits per heavy atom. The lowest BCUT2D eigenvalue weighted by Crippen LogP contribution is -2.30. The summed E-state index contributed by atoms with van der Waals surface area (Å²) >= 11 is 0. The fourth-order valence-corrected chi connectivity index (χ4v) is 2.91. The number of aliphatic imine (C=N–C) groups is 1. The fourth-order valence-electron chi connectivity index (χ4n) is 2.91. The van der Waals surface area contributed by atoms with Gasteiger partial charge >= 0.3 is 0 Å². The van der Waals surface area contributed by atoms with Crippen molar-refractivity contribution in [1.82, 2.24) is 10.3 Å². The predicted octanol–water partition coefficient (Wildman–Crippen LogP) is 4.87. The van der Waals surface area contributed by atoms with Crippen LogP contribution >= 0.6 is 24.0 Å². The van der Waals surface area contributed by atoms with E-state index in [1.54, 1.807) is 20.4 Å². The number of methoxy groups -OCH3 is 1. The van der Waals surface area contributed by atoms with Gasteiger partial charge in [0.15, 0.2) is 17.5 Å². The lowest BCUT2D eigenvalue weighted by Gasteiger charge is -2.15. The van der Waals surface area contributed by atoms with E-state index in [1.807, 2.05) is 67.6 Å². The van der Waals surface area contributed by atoms with Crippen LogP contribution in [0, 0.1) is 0 Å². The standard InChI is InChI=1S/C24H28N4O3.HI/c1-4-30-22-12-11-19(15-23(22)29-3)28-24(25-2)27-16-18-8-7-10-21(14-18)31-17-20-9-5-6-13-26-20;/h5-15H,4,16-17H2,1-3H3,(H2,25,27,28);1H. The minimum absolute atomic E-state index is 0. The summed E-state index contributed by atoms with van der Waals surface area (Å²) in [5.74, 6) is 2.82. The molecule has 2 aromatic carbocycles. The highest BCUT2D eigenvalue weighted by Gasteiger charge is 2.07. The van der Waals surface area contributed by atoms with E-state index < -0.39 is 0 Å². The molecular formula is C24H29IN4O3.